The molecule has 86 valence electrons. The number of anilines is 1. The van der Waals surface area contributed by atoms with E-state index in [9.17, 15) is 4.79 Å². The molecule has 2 rings (SSSR count). The fraction of sp³-hybridized carbons (Fsp3) is 0.500. The van der Waals surface area contributed by atoms with Gasteiger partial charge in [0.15, 0.2) is 0 Å². The van der Waals surface area contributed by atoms with E-state index in [4.69, 9.17) is 4.74 Å². The Hall–Kier alpha value is -1.42. The number of hydrogen-bond acceptors (Lipinski definition) is 3. The lowest BCUT2D eigenvalue weighted by atomic mass is 9.94. The van der Waals surface area contributed by atoms with Crippen LogP contribution >= 0.6 is 0 Å². The van der Waals surface area contributed by atoms with Crippen molar-refractivity contribution in [3.63, 3.8) is 0 Å². The molecule has 1 aromatic heterocycles. The number of hydrogen-bond donors (Lipinski definition) is 1. The summed E-state index contributed by atoms with van der Waals surface area (Å²) in [5.41, 5.74) is 0.741. The van der Waals surface area contributed by atoms with Gasteiger partial charge < -0.3 is 10.1 Å². The van der Waals surface area contributed by atoms with Gasteiger partial charge in [-0.05, 0) is 31.9 Å². The van der Waals surface area contributed by atoms with Crippen LogP contribution in [0.3, 0.4) is 0 Å². The van der Waals surface area contributed by atoms with Gasteiger partial charge in [-0.2, -0.15) is 0 Å². The number of pyridine rings is 1. The Morgan fingerprint density at radius 3 is 3.19 bits per heavy atom. The molecule has 1 aliphatic rings. The van der Waals surface area contributed by atoms with Crippen molar-refractivity contribution in [3.8, 4) is 0 Å². The molecule has 4 heteroatoms. The molecule has 1 aliphatic heterocycles. The van der Waals surface area contributed by atoms with Crippen LogP contribution in [0, 0.1) is 5.92 Å². The third-order valence-corrected chi connectivity index (χ3v) is 2.87. The molecule has 1 N–H and O–H groups in total. The first-order valence-corrected chi connectivity index (χ1v) is 5.60. The minimum atomic E-state index is -0.0473. The predicted octanol–water partition coefficient (Wildman–Crippen LogP) is 1.84. The van der Waals surface area contributed by atoms with Crippen LogP contribution in [0.4, 0.5) is 5.69 Å². The average Bonchev–Trinajstić information content (AvgIpc) is 2.31. The number of nitrogens with zero attached hydrogens (tertiary/aromatic N) is 1. The van der Waals surface area contributed by atoms with Gasteiger partial charge in [-0.15, -0.1) is 0 Å². The van der Waals surface area contributed by atoms with E-state index in [1.807, 2.05) is 13.0 Å². The van der Waals surface area contributed by atoms with Gasteiger partial charge in [0.25, 0.3) is 0 Å². The summed E-state index contributed by atoms with van der Waals surface area (Å²) in [6.45, 7) is 2.71. The topological polar surface area (TPSA) is 51.2 Å². The standard InChI is InChI=1S/C12H16N2O2/c1-9-11(5-3-7-16-9)12(15)14-10-4-2-6-13-8-10/h2,4,6,8-9,11H,3,5,7H2,1H3,(H,14,15)/t9-,11-/m1/s1. The summed E-state index contributed by atoms with van der Waals surface area (Å²) in [6.07, 6.45) is 5.18. The van der Waals surface area contributed by atoms with Gasteiger partial charge in [-0.3, -0.25) is 9.78 Å². The van der Waals surface area contributed by atoms with Crippen molar-refractivity contribution in [3.05, 3.63) is 24.5 Å². The van der Waals surface area contributed by atoms with Crippen molar-refractivity contribution in [2.45, 2.75) is 25.9 Å². The first-order valence-electron chi connectivity index (χ1n) is 5.60. The molecule has 1 fully saturated rings. The molecule has 0 unspecified atom stereocenters. The number of carbonyl (C=O) groups is 1. The second kappa shape index (κ2) is 5.07. The highest BCUT2D eigenvalue weighted by atomic mass is 16.5. The Morgan fingerprint density at radius 2 is 2.50 bits per heavy atom. The Kier molecular flexibility index (Phi) is 3.51. The maximum atomic E-state index is 12.0. The largest absolute Gasteiger partial charge is 0.378 e. The highest BCUT2D eigenvalue weighted by Crippen LogP contribution is 2.22. The van der Waals surface area contributed by atoms with Crippen molar-refractivity contribution < 1.29 is 9.53 Å². The second-order valence-electron chi connectivity index (χ2n) is 4.06. The Morgan fingerprint density at radius 1 is 1.62 bits per heavy atom. The Labute approximate surface area is 95.0 Å². The first kappa shape index (κ1) is 11.1. The van der Waals surface area contributed by atoms with Gasteiger partial charge in [0.2, 0.25) is 5.91 Å². The summed E-state index contributed by atoms with van der Waals surface area (Å²) in [6, 6.07) is 3.63. The fourth-order valence-electron chi connectivity index (χ4n) is 1.94. The molecule has 2 heterocycles. The van der Waals surface area contributed by atoms with Crippen LogP contribution in [0.1, 0.15) is 19.8 Å². The van der Waals surface area contributed by atoms with Crippen molar-refractivity contribution in [2.75, 3.05) is 11.9 Å². The number of rotatable bonds is 2. The quantitative estimate of drug-likeness (QED) is 0.827. The van der Waals surface area contributed by atoms with E-state index in [0.29, 0.717) is 0 Å². The summed E-state index contributed by atoms with van der Waals surface area (Å²) in [5, 5.41) is 2.86. The molecule has 0 aliphatic carbocycles. The molecule has 0 radical (unpaired) electrons. The lowest BCUT2D eigenvalue weighted by Gasteiger charge is -2.27. The summed E-state index contributed by atoms with van der Waals surface area (Å²) in [7, 11) is 0. The van der Waals surface area contributed by atoms with Gasteiger partial charge in [-0.25, -0.2) is 0 Å². The lowest BCUT2D eigenvalue weighted by molar-refractivity contribution is -0.127. The van der Waals surface area contributed by atoms with E-state index < -0.39 is 0 Å². The van der Waals surface area contributed by atoms with Crippen molar-refractivity contribution in [2.24, 2.45) is 5.92 Å². The maximum absolute atomic E-state index is 12.0. The van der Waals surface area contributed by atoms with Gasteiger partial charge in [0, 0.05) is 12.8 Å². The van der Waals surface area contributed by atoms with E-state index in [2.05, 4.69) is 10.3 Å². The molecule has 0 aromatic carbocycles. The second-order valence-corrected chi connectivity index (χ2v) is 4.06. The Balaban J connectivity index is 1.97. The van der Waals surface area contributed by atoms with Gasteiger partial charge in [0.1, 0.15) is 0 Å². The average molecular weight is 220 g/mol. The summed E-state index contributed by atoms with van der Waals surface area (Å²) >= 11 is 0. The number of amides is 1. The highest BCUT2D eigenvalue weighted by Gasteiger charge is 2.28. The van der Waals surface area contributed by atoms with Crippen LogP contribution in [0.5, 0.6) is 0 Å². The molecular weight excluding hydrogens is 204 g/mol. The fourth-order valence-corrected chi connectivity index (χ4v) is 1.94. The normalized spacial score (nSPS) is 25.1. The molecular formula is C12H16N2O2. The van der Waals surface area contributed by atoms with Crippen LogP contribution in [0.15, 0.2) is 24.5 Å². The maximum Gasteiger partial charge on any atom is 0.230 e. The number of carbonyl (C=O) groups excluding carboxylic acids is 1. The molecule has 1 aromatic rings. The highest BCUT2D eigenvalue weighted by molar-refractivity contribution is 5.92. The number of nitrogens with one attached hydrogen (secondary N) is 1. The smallest absolute Gasteiger partial charge is 0.230 e. The minimum absolute atomic E-state index is 0.00502. The molecule has 16 heavy (non-hydrogen) atoms. The van der Waals surface area contributed by atoms with E-state index in [0.717, 1.165) is 25.1 Å². The van der Waals surface area contributed by atoms with Gasteiger partial charge in [0.05, 0.1) is 23.9 Å². The van der Waals surface area contributed by atoms with E-state index >= 15 is 0 Å². The van der Waals surface area contributed by atoms with Crippen molar-refractivity contribution in [1.29, 1.82) is 0 Å². The number of ether oxygens (including phenoxy) is 1. The molecule has 0 saturated carbocycles. The molecule has 4 nitrogen and oxygen atoms in total. The van der Waals surface area contributed by atoms with E-state index in [1.54, 1.807) is 18.5 Å². The minimum Gasteiger partial charge on any atom is -0.378 e. The zero-order valence-electron chi connectivity index (χ0n) is 9.35. The van der Waals surface area contributed by atoms with E-state index in [1.165, 1.54) is 0 Å². The van der Waals surface area contributed by atoms with Crippen LogP contribution < -0.4 is 5.32 Å². The van der Waals surface area contributed by atoms with Gasteiger partial charge >= 0.3 is 0 Å². The van der Waals surface area contributed by atoms with Crippen LogP contribution in [0.25, 0.3) is 0 Å². The SMILES string of the molecule is C[C@H]1OCCC[C@H]1C(=O)Nc1cccnc1. The predicted molar refractivity (Wildman–Crippen MR) is 61.0 cm³/mol. The molecule has 0 spiro atoms. The van der Waals surface area contributed by atoms with Crippen molar-refractivity contribution in [1.82, 2.24) is 4.98 Å². The summed E-state index contributed by atoms with van der Waals surface area (Å²) < 4.78 is 5.47. The summed E-state index contributed by atoms with van der Waals surface area (Å²) in [5.74, 6) is -0.0193. The van der Waals surface area contributed by atoms with Crippen molar-refractivity contribution >= 4 is 11.6 Å². The first-order chi connectivity index (χ1) is 7.77. The molecule has 0 bridgehead atoms. The molecule has 1 amide bonds. The zero-order chi connectivity index (χ0) is 11.4. The zero-order valence-corrected chi connectivity index (χ0v) is 9.35. The Bertz CT molecular complexity index is 353. The van der Waals surface area contributed by atoms with Crippen LogP contribution in [-0.2, 0) is 9.53 Å². The van der Waals surface area contributed by atoms with Crippen LogP contribution in [0.2, 0.25) is 0 Å². The molecule has 2 atom stereocenters. The lowest BCUT2D eigenvalue weighted by Crippen LogP contribution is -2.36. The van der Waals surface area contributed by atoms with Crippen LogP contribution in [-0.4, -0.2) is 23.6 Å². The number of aromatic nitrogens is 1. The van der Waals surface area contributed by atoms with Gasteiger partial charge in [-0.1, -0.05) is 0 Å². The summed E-state index contributed by atoms with van der Waals surface area (Å²) in [4.78, 5) is 15.9. The third kappa shape index (κ3) is 2.58. The molecule has 1 saturated heterocycles. The third-order valence-electron chi connectivity index (χ3n) is 2.87. The monoisotopic (exact) mass is 220 g/mol. The van der Waals surface area contributed by atoms with E-state index in [-0.39, 0.29) is 17.9 Å².